The van der Waals surface area contributed by atoms with Crippen LogP contribution in [0.5, 0.6) is 0 Å². The van der Waals surface area contributed by atoms with Crippen LogP contribution in [0.25, 0.3) is 11.0 Å². The van der Waals surface area contributed by atoms with Gasteiger partial charge in [-0.2, -0.15) is 5.10 Å². The first-order chi connectivity index (χ1) is 11.1. The van der Waals surface area contributed by atoms with E-state index in [1.54, 1.807) is 0 Å². The molecule has 7 heteroatoms. The van der Waals surface area contributed by atoms with Crippen LogP contribution in [0.2, 0.25) is 0 Å². The molecule has 0 spiro atoms. The highest BCUT2D eigenvalue weighted by molar-refractivity contribution is 5.75. The van der Waals surface area contributed by atoms with E-state index in [0.29, 0.717) is 5.52 Å². The summed E-state index contributed by atoms with van der Waals surface area (Å²) in [6, 6.07) is 3.66. The molecule has 0 aliphatic carbocycles. The minimum absolute atomic E-state index is 0.117. The maximum absolute atomic E-state index is 13.8. The predicted molar refractivity (Wildman–Crippen MR) is 82.3 cm³/mol. The largest absolute Gasteiger partial charge is 0.308 e. The summed E-state index contributed by atoms with van der Waals surface area (Å²) >= 11 is 0. The van der Waals surface area contributed by atoms with Crippen LogP contribution in [-0.4, -0.2) is 20.2 Å². The topological polar surface area (TPSA) is 74.4 Å². The Kier molecular flexibility index (Phi) is 4.18. The molecule has 1 aromatic carbocycles. The van der Waals surface area contributed by atoms with Gasteiger partial charge in [-0.05, 0) is 25.0 Å². The van der Waals surface area contributed by atoms with E-state index in [1.165, 1.54) is 18.2 Å². The number of nitrogens with zero attached hydrogens (tertiary/aromatic N) is 2. The fourth-order valence-corrected chi connectivity index (χ4v) is 2.48. The number of fused-ring (bicyclic) bond motifs is 1. The Bertz CT molecular complexity index is 880. The zero-order valence-electron chi connectivity index (χ0n) is 12.6. The Hall–Kier alpha value is -2.57. The summed E-state index contributed by atoms with van der Waals surface area (Å²) in [5, 5.41) is 6.80. The molecule has 0 fully saturated rings. The van der Waals surface area contributed by atoms with Crippen molar-refractivity contribution in [2.24, 2.45) is 0 Å². The van der Waals surface area contributed by atoms with Crippen LogP contribution < -0.4 is 5.56 Å². The molecule has 5 nitrogen and oxygen atoms in total. The fourth-order valence-electron chi connectivity index (χ4n) is 2.48. The van der Waals surface area contributed by atoms with Crippen LogP contribution in [0, 0.1) is 11.6 Å². The van der Waals surface area contributed by atoms with Crippen molar-refractivity contribution >= 4 is 11.0 Å². The molecule has 2 N–H and O–H groups in total. The molecule has 2 heterocycles. The highest BCUT2D eigenvalue weighted by Gasteiger charge is 2.15. The van der Waals surface area contributed by atoms with E-state index >= 15 is 0 Å². The molecule has 23 heavy (non-hydrogen) atoms. The third-order valence-electron chi connectivity index (χ3n) is 3.72. The monoisotopic (exact) mass is 318 g/mol. The second-order valence-electron chi connectivity index (χ2n) is 5.39. The van der Waals surface area contributed by atoms with E-state index in [9.17, 15) is 13.6 Å². The minimum Gasteiger partial charge on any atom is -0.308 e. The molecular formula is C16H16F2N4O. The van der Waals surface area contributed by atoms with Gasteiger partial charge < -0.3 is 4.98 Å². The normalized spacial score (nSPS) is 11.3. The second kappa shape index (κ2) is 6.28. The zero-order chi connectivity index (χ0) is 16.4. The summed E-state index contributed by atoms with van der Waals surface area (Å²) in [5.74, 6) is -1.11. The number of hydrogen-bond acceptors (Lipinski definition) is 3. The van der Waals surface area contributed by atoms with Crippen LogP contribution >= 0.6 is 0 Å². The molecule has 120 valence electrons. The van der Waals surface area contributed by atoms with E-state index in [-0.39, 0.29) is 23.3 Å². The van der Waals surface area contributed by atoms with Gasteiger partial charge in [-0.25, -0.2) is 13.8 Å². The molecule has 2 aromatic heterocycles. The maximum atomic E-state index is 13.8. The summed E-state index contributed by atoms with van der Waals surface area (Å²) in [5.41, 5.74) is 0.917. The van der Waals surface area contributed by atoms with Crippen molar-refractivity contribution in [1.29, 1.82) is 0 Å². The number of unbranched alkanes of at least 4 members (excludes halogenated alkanes) is 1. The van der Waals surface area contributed by atoms with Gasteiger partial charge in [0.25, 0.3) is 5.56 Å². The maximum Gasteiger partial charge on any atom is 0.279 e. The van der Waals surface area contributed by atoms with Gasteiger partial charge in [-0.15, -0.1) is 0 Å². The Morgan fingerprint density at radius 2 is 1.91 bits per heavy atom. The molecule has 3 rings (SSSR count). The molecular weight excluding hydrogens is 302 g/mol. The smallest absolute Gasteiger partial charge is 0.279 e. The van der Waals surface area contributed by atoms with Gasteiger partial charge in [0.1, 0.15) is 23.0 Å². The van der Waals surface area contributed by atoms with Gasteiger partial charge in [0.15, 0.2) is 5.52 Å². The third kappa shape index (κ3) is 2.99. The average molecular weight is 318 g/mol. The molecule has 0 unspecified atom stereocenters. The Morgan fingerprint density at radius 1 is 1.17 bits per heavy atom. The molecule has 3 aromatic rings. The quantitative estimate of drug-likeness (QED) is 0.759. The number of hydrogen-bond donors (Lipinski definition) is 2. The molecule has 0 saturated heterocycles. The number of benzene rings is 1. The number of nitrogens with one attached hydrogen (secondary N) is 2. The second-order valence-corrected chi connectivity index (χ2v) is 5.39. The number of aryl methyl sites for hydroxylation is 1. The lowest BCUT2D eigenvalue weighted by Crippen LogP contribution is -2.13. The van der Waals surface area contributed by atoms with Crippen molar-refractivity contribution in [3.8, 4) is 0 Å². The summed E-state index contributed by atoms with van der Waals surface area (Å²) in [7, 11) is 0. The lowest BCUT2D eigenvalue weighted by molar-refractivity contribution is 0.559. The summed E-state index contributed by atoms with van der Waals surface area (Å²) in [4.78, 5) is 19.0. The van der Waals surface area contributed by atoms with Crippen LogP contribution in [0.3, 0.4) is 0 Å². The molecule has 0 amide bonds. The Morgan fingerprint density at radius 3 is 2.61 bits per heavy atom. The molecule has 0 saturated carbocycles. The average Bonchev–Trinajstić information content (AvgIpc) is 2.92. The van der Waals surface area contributed by atoms with Gasteiger partial charge >= 0.3 is 0 Å². The minimum atomic E-state index is -0.661. The standard InChI is InChI=1S/C16H16F2N4O/c1-2-3-7-12-14-15(22-21-12)16(23)20-13(19-14)8-9-10(17)5-4-6-11(9)18/h4-6H,2-3,7-8H2,1H3,(H,21,22)(H,19,20,23). The van der Waals surface area contributed by atoms with Gasteiger partial charge in [0.05, 0.1) is 5.69 Å². The van der Waals surface area contributed by atoms with E-state index in [4.69, 9.17) is 0 Å². The van der Waals surface area contributed by atoms with Crippen molar-refractivity contribution in [2.75, 3.05) is 0 Å². The first-order valence-corrected chi connectivity index (χ1v) is 7.49. The van der Waals surface area contributed by atoms with Crippen molar-refractivity contribution in [3.63, 3.8) is 0 Å². The number of aromatic amines is 2. The van der Waals surface area contributed by atoms with E-state index < -0.39 is 17.2 Å². The molecule has 0 aliphatic rings. The van der Waals surface area contributed by atoms with Gasteiger partial charge in [-0.1, -0.05) is 19.4 Å². The van der Waals surface area contributed by atoms with Crippen molar-refractivity contribution in [1.82, 2.24) is 20.2 Å². The first kappa shape index (κ1) is 15.3. The number of halogens is 2. The van der Waals surface area contributed by atoms with E-state index in [0.717, 1.165) is 25.0 Å². The zero-order valence-corrected chi connectivity index (χ0v) is 12.6. The Labute approximate surface area is 130 Å². The lowest BCUT2D eigenvalue weighted by atomic mass is 10.1. The SMILES string of the molecule is CCCCc1[nH]nc2c(=O)[nH]c(Cc3c(F)cccc3F)nc12. The summed E-state index contributed by atoms with van der Waals surface area (Å²) in [6.07, 6.45) is 2.53. The van der Waals surface area contributed by atoms with Crippen molar-refractivity contribution < 1.29 is 8.78 Å². The fraction of sp³-hybridized carbons (Fsp3) is 0.312. The third-order valence-corrected chi connectivity index (χ3v) is 3.72. The van der Waals surface area contributed by atoms with Crippen LogP contribution in [0.4, 0.5) is 8.78 Å². The number of H-pyrrole nitrogens is 2. The number of aromatic nitrogens is 4. The van der Waals surface area contributed by atoms with E-state index in [1.807, 2.05) is 0 Å². The molecule has 0 bridgehead atoms. The first-order valence-electron chi connectivity index (χ1n) is 7.49. The van der Waals surface area contributed by atoms with Gasteiger partial charge in [0, 0.05) is 12.0 Å². The van der Waals surface area contributed by atoms with Gasteiger partial charge in [-0.3, -0.25) is 9.89 Å². The van der Waals surface area contributed by atoms with Crippen molar-refractivity contribution in [2.45, 2.75) is 32.6 Å². The summed E-state index contributed by atoms with van der Waals surface area (Å²) in [6.45, 7) is 2.06. The lowest BCUT2D eigenvalue weighted by Gasteiger charge is -2.05. The highest BCUT2D eigenvalue weighted by Crippen LogP contribution is 2.17. The van der Waals surface area contributed by atoms with Crippen molar-refractivity contribution in [3.05, 3.63) is 57.3 Å². The van der Waals surface area contributed by atoms with Crippen LogP contribution in [0.1, 0.15) is 36.8 Å². The predicted octanol–water partition coefficient (Wildman–Crippen LogP) is 2.86. The highest BCUT2D eigenvalue weighted by atomic mass is 19.1. The molecule has 0 atom stereocenters. The molecule has 0 aliphatic heterocycles. The van der Waals surface area contributed by atoms with E-state index in [2.05, 4.69) is 27.1 Å². The number of rotatable bonds is 5. The van der Waals surface area contributed by atoms with Crippen LogP contribution in [0.15, 0.2) is 23.0 Å². The van der Waals surface area contributed by atoms with Crippen LogP contribution in [-0.2, 0) is 12.8 Å². The molecule has 0 radical (unpaired) electrons. The summed E-state index contributed by atoms with van der Waals surface area (Å²) < 4.78 is 27.5. The Balaban J connectivity index is 2.03. The van der Waals surface area contributed by atoms with Gasteiger partial charge in [0.2, 0.25) is 0 Å².